The Bertz CT molecular complexity index is 838. The van der Waals surface area contributed by atoms with Gasteiger partial charge in [0.25, 0.3) is 0 Å². The van der Waals surface area contributed by atoms with Crippen molar-refractivity contribution < 1.29 is 4.42 Å². The minimum absolute atomic E-state index is 0.553. The molecule has 4 rings (SSSR count). The van der Waals surface area contributed by atoms with Gasteiger partial charge in [0.05, 0.1) is 12.8 Å². The zero-order valence-corrected chi connectivity index (χ0v) is 11.7. The summed E-state index contributed by atoms with van der Waals surface area (Å²) in [4.78, 5) is 13.1. The first kappa shape index (κ1) is 12.6. The summed E-state index contributed by atoms with van der Waals surface area (Å²) in [6, 6.07) is 13.7. The fourth-order valence-electron chi connectivity index (χ4n) is 2.33. The minimum Gasteiger partial charge on any atom is -0.467 e. The van der Waals surface area contributed by atoms with E-state index in [4.69, 9.17) is 4.42 Å². The van der Waals surface area contributed by atoms with E-state index in [-0.39, 0.29) is 0 Å². The van der Waals surface area contributed by atoms with Crippen molar-refractivity contribution in [2.24, 2.45) is 0 Å². The Morgan fingerprint density at radius 3 is 2.73 bits per heavy atom. The summed E-state index contributed by atoms with van der Waals surface area (Å²) in [5, 5.41) is 3.23. The summed E-state index contributed by atoms with van der Waals surface area (Å²) in [7, 11) is 0. The summed E-state index contributed by atoms with van der Waals surface area (Å²) in [5.74, 6) is 2.30. The molecule has 0 unspecified atom stereocenters. The zero-order valence-electron chi connectivity index (χ0n) is 11.7. The van der Waals surface area contributed by atoms with E-state index >= 15 is 0 Å². The minimum atomic E-state index is 0.553. The van der Waals surface area contributed by atoms with Crippen molar-refractivity contribution in [3.8, 4) is 17.2 Å². The van der Waals surface area contributed by atoms with Crippen LogP contribution in [0.15, 0.2) is 65.8 Å². The monoisotopic (exact) mass is 291 g/mol. The van der Waals surface area contributed by atoms with E-state index in [9.17, 15) is 0 Å². The van der Waals surface area contributed by atoms with Crippen LogP contribution in [0.25, 0.3) is 17.2 Å². The van der Waals surface area contributed by atoms with Gasteiger partial charge in [-0.05, 0) is 24.3 Å². The molecule has 0 atom stereocenters. The molecule has 0 spiro atoms. The Morgan fingerprint density at radius 2 is 1.91 bits per heavy atom. The lowest BCUT2D eigenvalue weighted by atomic mass is 10.3. The first-order valence-corrected chi connectivity index (χ1v) is 6.91. The number of imidazole rings is 1. The molecule has 6 nitrogen and oxygen atoms in total. The van der Waals surface area contributed by atoms with Gasteiger partial charge in [-0.1, -0.05) is 18.2 Å². The highest BCUT2D eigenvalue weighted by atomic mass is 16.3. The predicted octanol–water partition coefficient (Wildman–Crippen LogP) is 2.97. The van der Waals surface area contributed by atoms with Crippen LogP contribution in [0.1, 0.15) is 5.76 Å². The molecule has 2 aliphatic rings. The molecular formula is C16H13N5O. The van der Waals surface area contributed by atoms with Crippen LogP contribution in [-0.2, 0) is 6.54 Å². The van der Waals surface area contributed by atoms with Crippen molar-refractivity contribution in [2.75, 3.05) is 5.32 Å². The Labute approximate surface area is 126 Å². The number of nitrogens with one attached hydrogen (secondary N) is 1. The number of aromatic nitrogens is 4. The van der Waals surface area contributed by atoms with Gasteiger partial charge in [-0.25, -0.2) is 15.0 Å². The topological polar surface area (TPSA) is 68.8 Å². The second-order valence-electron chi connectivity index (χ2n) is 4.78. The van der Waals surface area contributed by atoms with E-state index in [1.54, 1.807) is 18.9 Å². The molecule has 0 saturated heterocycles. The summed E-state index contributed by atoms with van der Waals surface area (Å²) >= 11 is 0. The summed E-state index contributed by atoms with van der Waals surface area (Å²) < 4.78 is 7.23. The van der Waals surface area contributed by atoms with Crippen molar-refractivity contribution in [3.63, 3.8) is 0 Å². The quantitative estimate of drug-likeness (QED) is 0.626. The lowest BCUT2D eigenvalue weighted by molar-refractivity contribution is 0.518. The Balaban J connectivity index is 1.69. The van der Waals surface area contributed by atoms with E-state index in [2.05, 4.69) is 20.3 Å². The molecule has 2 aromatic rings. The van der Waals surface area contributed by atoms with E-state index in [1.807, 2.05) is 47.0 Å². The molecule has 0 fully saturated rings. The number of furan rings is 1. The second kappa shape index (κ2) is 5.33. The van der Waals surface area contributed by atoms with Gasteiger partial charge in [0.1, 0.15) is 18.4 Å². The molecule has 1 N–H and O–H groups in total. The van der Waals surface area contributed by atoms with Crippen molar-refractivity contribution >= 4 is 5.82 Å². The van der Waals surface area contributed by atoms with Crippen LogP contribution in [0.2, 0.25) is 0 Å². The maximum Gasteiger partial charge on any atom is 0.170 e. The van der Waals surface area contributed by atoms with Crippen molar-refractivity contribution in [1.29, 1.82) is 0 Å². The molecule has 1 aromatic heterocycles. The number of para-hydroxylation sites is 1. The van der Waals surface area contributed by atoms with Crippen LogP contribution in [0, 0.1) is 0 Å². The number of fused-ring (bicyclic) bond motifs is 1. The number of hydrogen-bond acceptors (Lipinski definition) is 5. The third-order valence-corrected chi connectivity index (χ3v) is 3.38. The van der Waals surface area contributed by atoms with E-state index in [1.165, 1.54) is 0 Å². The average molecular weight is 291 g/mol. The second-order valence-corrected chi connectivity index (χ2v) is 4.78. The van der Waals surface area contributed by atoms with Gasteiger partial charge in [0.2, 0.25) is 0 Å². The Kier molecular flexibility index (Phi) is 3.05. The normalized spacial score (nSPS) is 10.9. The molecular weight excluding hydrogens is 278 g/mol. The van der Waals surface area contributed by atoms with E-state index in [0.717, 1.165) is 23.0 Å². The Morgan fingerprint density at radius 1 is 1.00 bits per heavy atom. The van der Waals surface area contributed by atoms with Gasteiger partial charge in [-0.3, -0.25) is 4.57 Å². The first-order valence-electron chi connectivity index (χ1n) is 6.91. The van der Waals surface area contributed by atoms with Gasteiger partial charge in [0.15, 0.2) is 17.3 Å². The third-order valence-electron chi connectivity index (χ3n) is 3.38. The van der Waals surface area contributed by atoms with Gasteiger partial charge in [-0.2, -0.15) is 0 Å². The molecule has 0 amide bonds. The SMILES string of the molecule is c1ccc(-n2cnc(NCc3ccco3)c3ncnc2-3)cc1. The maximum absolute atomic E-state index is 5.31. The van der Waals surface area contributed by atoms with E-state index < -0.39 is 0 Å². The highest BCUT2D eigenvalue weighted by molar-refractivity contribution is 5.68. The molecule has 6 heteroatoms. The highest BCUT2D eigenvalue weighted by Crippen LogP contribution is 2.26. The van der Waals surface area contributed by atoms with Crippen molar-refractivity contribution in [3.05, 3.63) is 67.1 Å². The van der Waals surface area contributed by atoms with Gasteiger partial charge >= 0.3 is 0 Å². The fraction of sp³-hybridized carbons (Fsp3) is 0.0625. The standard InChI is InChI=1S/C16H13N5O/c1-2-5-12(6-3-1)21-11-20-15(14-16(21)19-10-18-14)17-9-13-7-4-8-22-13/h1-8,10-11,17H,9H2. The number of hydrogen-bond donors (Lipinski definition) is 1. The average Bonchev–Trinajstić information content (AvgIpc) is 3.25. The van der Waals surface area contributed by atoms with Gasteiger partial charge in [0, 0.05) is 5.69 Å². The molecule has 108 valence electrons. The van der Waals surface area contributed by atoms with Crippen LogP contribution >= 0.6 is 0 Å². The molecule has 0 bridgehead atoms. The summed E-state index contributed by atoms with van der Waals surface area (Å²) in [6.45, 7) is 0.553. The van der Waals surface area contributed by atoms with Crippen molar-refractivity contribution in [1.82, 2.24) is 19.5 Å². The number of anilines is 1. The van der Waals surface area contributed by atoms with Crippen LogP contribution in [-0.4, -0.2) is 19.5 Å². The van der Waals surface area contributed by atoms with Crippen LogP contribution < -0.4 is 5.32 Å². The zero-order chi connectivity index (χ0) is 14.8. The number of benzene rings is 1. The van der Waals surface area contributed by atoms with E-state index in [0.29, 0.717) is 12.4 Å². The highest BCUT2D eigenvalue weighted by Gasteiger charge is 2.17. The molecule has 22 heavy (non-hydrogen) atoms. The fourth-order valence-corrected chi connectivity index (χ4v) is 2.33. The number of nitrogens with zero attached hydrogens (tertiary/aromatic N) is 4. The van der Waals surface area contributed by atoms with Crippen molar-refractivity contribution in [2.45, 2.75) is 6.54 Å². The molecule has 0 saturated carbocycles. The molecule has 1 aromatic carbocycles. The summed E-state index contributed by atoms with van der Waals surface area (Å²) in [6.07, 6.45) is 4.94. The molecule has 0 aliphatic carbocycles. The lowest BCUT2D eigenvalue weighted by Gasteiger charge is -2.13. The Hall–Kier alpha value is -3.15. The molecule has 0 radical (unpaired) electrons. The lowest BCUT2D eigenvalue weighted by Crippen LogP contribution is -2.08. The number of rotatable bonds is 4. The summed E-state index contributed by atoms with van der Waals surface area (Å²) in [5.41, 5.74) is 1.73. The maximum atomic E-state index is 5.31. The smallest absolute Gasteiger partial charge is 0.170 e. The van der Waals surface area contributed by atoms with Crippen LogP contribution in [0.4, 0.5) is 5.82 Å². The van der Waals surface area contributed by atoms with Crippen LogP contribution in [0.3, 0.4) is 0 Å². The van der Waals surface area contributed by atoms with Crippen LogP contribution in [0.5, 0.6) is 0 Å². The first-order chi connectivity index (χ1) is 10.9. The molecule has 2 aliphatic heterocycles. The van der Waals surface area contributed by atoms with Gasteiger partial charge in [-0.15, -0.1) is 0 Å². The third kappa shape index (κ3) is 2.20. The predicted molar refractivity (Wildman–Crippen MR) is 81.8 cm³/mol. The van der Waals surface area contributed by atoms with Gasteiger partial charge < -0.3 is 9.73 Å². The largest absolute Gasteiger partial charge is 0.467 e. The molecule has 3 heterocycles.